The van der Waals surface area contributed by atoms with E-state index in [1.165, 1.54) is 6.92 Å². The van der Waals surface area contributed by atoms with Crippen molar-refractivity contribution >= 4 is 11.8 Å². The fraction of sp³-hybridized carbons (Fsp3) is 0.385. The zero-order valence-electron chi connectivity index (χ0n) is 10.7. The van der Waals surface area contributed by atoms with Crippen LogP contribution in [0.2, 0.25) is 0 Å². The van der Waals surface area contributed by atoms with Crippen LogP contribution in [0.4, 0.5) is 13.2 Å². The number of likely N-dealkylation sites (tertiary alicyclic amines) is 1. The Balaban J connectivity index is 1.92. The minimum Gasteiger partial charge on any atom is -0.346 e. The summed E-state index contributed by atoms with van der Waals surface area (Å²) >= 11 is 0. The van der Waals surface area contributed by atoms with Crippen molar-refractivity contribution in [1.29, 1.82) is 0 Å². The van der Waals surface area contributed by atoms with Crippen molar-refractivity contribution in [3.8, 4) is 0 Å². The quantitative estimate of drug-likeness (QED) is 0.899. The first-order valence-corrected chi connectivity index (χ1v) is 6.01. The summed E-state index contributed by atoms with van der Waals surface area (Å²) in [4.78, 5) is 24.3. The molecule has 1 N–H and O–H groups in total. The van der Waals surface area contributed by atoms with Crippen LogP contribution in [0, 0.1) is 0 Å². The molecule has 0 saturated carbocycles. The van der Waals surface area contributed by atoms with Crippen LogP contribution < -0.4 is 5.32 Å². The van der Waals surface area contributed by atoms with E-state index in [0.29, 0.717) is 13.1 Å². The van der Waals surface area contributed by atoms with Gasteiger partial charge in [0.15, 0.2) is 0 Å². The molecule has 1 fully saturated rings. The molecule has 0 aliphatic carbocycles. The summed E-state index contributed by atoms with van der Waals surface area (Å²) in [6.07, 6.45) is -4.41. The van der Waals surface area contributed by atoms with E-state index in [1.807, 2.05) is 0 Å². The molecular weight excluding hydrogens is 273 g/mol. The van der Waals surface area contributed by atoms with Gasteiger partial charge in [0.05, 0.1) is 11.6 Å². The lowest BCUT2D eigenvalue weighted by Crippen LogP contribution is -2.60. The summed E-state index contributed by atoms with van der Waals surface area (Å²) in [5, 5.41) is 2.66. The van der Waals surface area contributed by atoms with Crippen LogP contribution in [0.25, 0.3) is 0 Å². The molecule has 0 atom stereocenters. The van der Waals surface area contributed by atoms with Crippen molar-refractivity contribution in [2.75, 3.05) is 13.1 Å². The highest BCUT2D eigenvalue weighted by Gasteiger charge is 2.31. The van der Waals surface area contributed by atoms with Crippen LogP contribution in [0.3, 0.4) is 0 Å². The predicted octanol–water partition coefficient (Wildman–Crippen LogP) is 1.67. The second-order valence-electron chi connectivity index (χ2n) is 4.67. The van der Waals surface area contributed by atoms with E-state index in [0.717, 1.165) is 24.3 Å². The summed E-state index contributed by atoms with van der Waals surface area (Å²) in [6, 6.07) is 3.88. The molecule has 1 aromatic carbocycles. The van der Waals surface area contributed by atoms with Crippen molar-refractivity contribution in [2.45, 2.75) is 19.1 Å². The lowest BCUT2D eigenvalue weighted by atomic mass is 10.1. The lowest BCUT2D eigenvalue weighted by Gasteiger charge is -2.38. The average Bonchev–Trinajstić information content (AvgIpc) is 2.31. The zero-order chi connectivity index (χ0) is 14.9. The highest BCUT2D eigenvalue weighted by molar-refractivity contribution is 5.94. The second-order valence-corrected chi connectivity index (χ2v) is 4.67. The topological polar surface area (TPSA) is 49.4 Å². The molecule has 1 aliphatic rings. The maximum atomic E-state index is 12.4. The van der Waals surface area contributed by atoms with Crippen LogP contribution in [0.1, 0.15) is 22.8 Å². The Bertz CT molecular complexity index is 519. The average molecular weight is 286 g/mol. The van der Waals surface area contributed by atoms with E-state index in [-0.39, 0.29) is 17.5 Å². The maximum Gasteiger partial charge on any atom is 0.416 e. The molecular formula is C13H13F3N2O2. The van der Waals surface area contributed by atoms with Gasteiger partial charge >= 0.3 is 6.18 Å². The molecule has 1 aromatic rings. The Morgan fingerprint density at radius 3 is 2.20 bits per heavy atom. The van der Waals surface area contributed by atoms with Gasteiger partial charge in [0.25, 0.3) is 5.91 Å². The largest absolute Gasteiger partial charge is 0.416 e. The zero-order valence-corrected chi connectivity index (χ0v) is 10.7. The Labute approximate surface area is 113 Å². The van der Waals surface area contributed by atoms with Gasteiger partial charge in [-0.3, -0.25) is 9.59 Å². The summed E-state index contributed by atoms with van der Waals surface area (Å²) < 4.78 is 37.1. The third-order valence-corrected chi connectivity index (χ3v) is 3.14. The molecule has 108 valence electrons. The van der Waals surface area contributed by atoms with E-state index in [9.17, 15) is 22.8 Å². The molecule has 2 amide bonds. The molecule has 20 heavy (non-hydrogen) atoms. The molecule has 7 heteroatoms. The smallest absolute Gasteiger partial charge is 0.346 e. The van der Waals surface area contributed by atoms with Gasteiger partial charge in [0, 0.05) is 25.6 Å². The summed E-state index contributed by atoms with van der Waals surface area (Å²) in [6.45, 7) is 2.30. The van der Waals surface area contributed by atoms with Crippen LogP contribution in [-0.2, 0) is 11.0 Å². The fourth-order valence-electron chi connectivity index (χ4n) is 1.91. The highest BCUT2D eigenvalue weighted by Crippen LogP contribution is 2.29. The predicted molar refractivity (Wildman–Crippen MR) is 65.0 cm³/mol. The van der Waals surface area contributed by atoms with E-state index in [4.69, 9.17) is 0 Å². The number of nitrogens with one attached hydrogen (secondary N) is 1. The summed E-state index contributed by atoms with van der Waals surface area (Å²) in [5.41, 5.74) is -0.625. The molecule has 1 aliphatic heterocycles. The number of halogens is 3. The molecule has 0 radical (unpaired) electrons. The number of benzene rings is 1. The SMILES string of the molecule is CC(=O)N1CC(NC(=O)c2ccc(C(F)(F)F)cc2)C1. The minimum atomic E-state index is -4.41. The van der Waals surface area contributed by atoms with Crippen LogP contribution in [0.15, 0.2) is 24.3 Å². The van der Waals surface area contributed by atoms with Crippen LogP contribution >= 0.6 is 0 Å². The molecule has 0 spiro atoms. The van der Waals surface area contributed by atoms with Gasteiger partial charge in [-0.1, -0.05) is 0 Å². The molecule has 0 aromatic heterocycles. The van der Waals surface area contributed by atoms with Gasteiger partial charge in [-0.2, -0.15) is 13.2 Å². The van der Waals surface area contributed by atoms with Gasteiger partial charge in [-0.15, -0.1) is 0 Å². The van der Waals surface area contributed by atoms with Gasteiger partial charge in [-0.25, -0.2) is 0 Å². The third-order valence-electron chi connectivity index (χ3n) is 3.14. The van der Waals surface area contributed by atoms with Crippen LogP contribution in [-0.4, -0.2) is 35.8 Å². The van der Waals surface area contributed by atoms with Crippen LogP contribution in [0.5, 0.6) is 0 Å². The molecule has 0 bridgehead atoms. The van der Waals surface area contributed by atoms with E-state index in [1.54, 1.807) is 4.90 Å². The first-order chi connectivity index (χ1) is 9.27. The van der Waals surface area contributed by atoms with E-state index < -0.39 is 17.6 Å². The number of carbonyl (C=O) groups excluding carboxylic acids is 2. The number of alkyl halides is 3. The fourth-order valence-corrected chi connectivity index (χ4v) is 1.91. The van der Waals surface area contributed by atoms with Crippen molar-refractivity contribution in [2.24, 2.45) is 0 Å². The van der Waals surface area contributed by atoms with Crippen molar-refractivity contribution < 1.29 is 22.8 Å². The van der Waals surface area contributed by atoms with Gasteiger partial charge in [-0.05, 0) is 24.3 Å². The molecule has 1 heterocycles. The standard InChI is InChI=1S/C13H13F3N2O2/c1-8(19)18-6-11(7-18)17-12(20)9-2-4-10(5-3-9)13(14,15)16/h2-5,11H,6-7H2,1H3,(H,17,20). The monoisotopic (exact) mass is 286 g/mol. The Morgan fingerprint density at radius 2 is 1.75 bits per heavy atom. The number of nitrogens with zero attached hydrogens (tertiary/aromatic N) is 1. The summed E-state index contributed by atoms with van der Waals surface area (Å²) in [5.74, 6) is -0.503. The van der Waals surface area contributed by atoms with Gasteiger partial charge < -0.3 is 10.2 Å². The normalized spacial score (nSPS) is 15.7. The minimum absolute atomic E-state index is 0.0648. The number of hydrogen-bond acceptors (Lipinski definition) is 2. The number of hydrogen-bond donors (Lipinski definition) is 1. The Hall–Kier alpha value is -2.05. The molecule has 2 rings (SSSR count). The molecule has 1 saturated heterocycles. The van der Waals surface area contributed by atoms with E-state index >= 15 is 0 Å². The summed E-state index contributed by atoms with van der Waals surface area (Å²) in [7, 11) is 0. The van der Waals surface area contributed by atoms with Gasteiger partial charge in [0.2, 0.25) is 5.91 Å². The van der Waals surface area contributed by atoms with Gasteiger partial charge in [0.1, 0.15) is 0 Å². The first kappa shape index (κ1) is 14.4. The lowest BCUT2D eigenvalue weighted by molar-refractivity contribution is -0.137. The Morgan fingerprint density at radius 1 is 1.20 bits per heavy atom. The third kappa shape index (κ3) is 3.09. The van der Waals surface area contributed by atoms with Crippen molar-refractivity contribution in [1.82, 2.24) is 10.2 Å². The number of carbonyl (C=O) groups is 2. The number of amides is 2. The highest BCUT2D eigenvalue weighted by atomic mass is 19.4. The molecule has 0 unspecified atom stereocenters. The van der Waals surface area contributed by atoms with Crippen molar-refractivity contribution in [3.63, 3.8) is 0 Å². The first-order valence-electron chi connectivity index (χ1n) is 6.01. The maximum absolute atomic E-state index is 12.4. The second kappa shape index (κ2) is 5.15. The van der Waals surface area contributed by atoms with Crippen molar-refractivity contribution in [3.05, 3.63) is 35.4 Å². The van der Waals surface area contributed by atoms with E-state index in [2.05, 4.69) is 5.32 Å². The Kier molecular flexibility index (Phi) is 3.69. The molecule has 4 nitrogen and oxygen atoms in total. The number of rotatable bonds is 2.